The van der Waals surface area contributed by atoms with Crippen LogP contribution in [-0.2, 0) is 6.18 Å². The molecule has 0 saturated carbocycles. The molecule has 5 nitrogen and oxygen atoms in total. The van der Waals surface area contributed by atoms with Gasteiger partial charge in [-0.2, -0.15) is 13.2 Å². The van der Waals surface area contributed by atoms with E-state index < -0.39 is 34.7 Å². The van der Waals surface area contributed by atoms with E-state index in [0.717, 1.165) is 12.1 Å². The molecule has 0 aliphatic carbocycles. The molecule has 0 aromatic heterocycles. The molecule has 0 aliphatic rings. The fraction of sp³-hybridized carbons (Fsp3) is 0.111. The van der Waals surface area contributed by atoms with Crippen LogP contribution in [0.3, 0.4) is 0 Å². The molecule has 0 unspecified atom stereocenters. The summed E-state index contributed by atoms with van der Waals surface area (Å²) in [5.41, 5.74) is 2.69. The van der Waals surface area contributed by atoms with Gasteiger partial charge in [-0.1, -0.05) is 5.16 Å². The minimum absolute atomic E-state index is 0.426. The van der Waals surface area contributed by atoms with Crippen LogP contribution in [0.25, 0.3) is 0 Å². The van der Waals surface area contributed by atoms with Crippen molar-refractivity contribution in [3.63, 3.8) is 0 Å². The normalized spacial score (nSPS) is 12.5. The third kappa shape index (κ3) is 2.65. The molecule has 92 valence electrons. The number of carbonyl (C=O) groups is 1. The monoisotopic (exact) mass is 248 g/mol. The van der Waals surface area contributed by atoms with Gasteiger partial charge in [0.05, 0.1) is 11.1 Å². The number of nitrogens with zero attached hydrogens (tertiary/aromatic N) is 1. The first-order valence-electron chi connectivity index (χ1n) is 4.19. The first kappa shape index (κ1) is 12.8. The number of alkyl halides is 3. The zero-order valence-electron chi connectivity index (χ0n) is 8.19. The van der Waals surface area contributed by atoms with E-state index in [0.29, 0.717) is 6.07 Å². The predicted molar refractivity (Wildman–Crippen MR) is 50.9 cm³/mol. The average molecular weight is 248 g/mol. The summed E-state index contributed by atoms with van der Waals surface area (Å²) in [6.07, 6.45) is -4.80. The number of carboxylic acids is 1. The number of hydrogen-bond acceptors (Lipinski definition) is 3. The number of benzene rings is 1. The number of nitrogens with two attached hydrogens (primary N) is 1. The Kier molecular flexibility index (Phi) is 3.26. The van der Waals surface area contributed by atoms with Crippen LogP contribution in [0.5, 0.6) is 0 Å². The number of rotatable bonds is 2. The summed E-state index contributed by atoms with van der Waals surface area (Å²) in [6, 6.07) is 2.20. The molecule has 0 bridgehead atoms. The fourth-order valence-corrected chi connectivity index (χ4v) is 1.19. The highest BCUT2D eigenvalue weighted by Crippen LogP contribution is 2.32. The van der Waals surface area contributed by atoms with Gasteiger partial charge in [0.1, 0.15) is 0 Å². The minimum atomic E-state index is -4.80. The van der Waals surface area contributed by atoms with Crippen molar-refractivity contribution >= 4 is 11.8 Å². The maximum Gasteiger partial charge on any atom is 0.417 e. The summed E-state index contributed by atoms with van der Waals surface area (Å²) in [7, 11) is 0. The van der Waals surface area contributed by atoms with E-state index in [4.69, 9.17) is 16.0 Å². The van der Waals surface area contributed by atoms with Gasteiger partial charge >= 0.3 is 12.1 Å². The van der Waals surface area contributed by atoms with Crippen molar-refractivity contribution in [1.82, 2.24) is 0 Å². The van der Waals surface area contributed by atoms with Gasteiger partial charge in [0.15, 0.2) is 5.84 Å². The summed E-state index contributed by atoms with van der Waals surface area (Å²) < 4.78 is 37.8. The fourth-order valence-electron chi connectivity index (χ4n) is 1.19. The molecule has 4 N–H and O–H groups in total. The SMILES string of the molecule is NC(=NO)c1ccc(C(=O)O)cc1C(F)(F)F. The summed E-state index contributed by atoms with van der Waals surface area (Å²) in [4.78, 5) is 10.6. The lowest BCUT2D eigenvalue weighted by molar-refractivity contribution is -0.137. The standard InChI is InChI=1S/C9H7F3N2O3/c10-9(11,12)6-3-4(8(15)16)1-2-5(6)7(13)14-17/h1-3,17H,(H2,13,14)(H,15,16). The van der Waals surface area contributed by atoms with E-state index >= 15 is 0 Å². The number of hydrogen-bond donors (Lipinski definition) is 3. The second-order valence-corrected chi connectivity index (χ2v) is 3.05. The van der Waals surface area contributed by atoms with Crippen molar-refractivity contribution < 1.29 is 28.3 Å². The number of aromatic carboxylic acids is 1. The van der Waals surface area contributed by atoms with Crippen molar-refractivity contribution in [3.05, 3.63) is 34.9 Å². The summed E-state index contributed by atoms with van der Waals surface area (Å²) >= 11 is 0. The maximum absolute atomic E-state index is 12.6. The van der Waals surface area contributed by atoms with E-state index in [-0.39, 0.29) is 0 Å². The van der Waals surface area contributed by atoms with E-state index in [1.54, 1.807) is 0 Å². The minimum Gasteiger partial charge on any atom is -0.478 e. The highest BCUT2D eigenvalue weighted by atomic mass is 19.4. The number of oxime groups is 1. The molecule has 0 heterocycles. The molecule has 0 spiro atoms. The van der Waals surface area contributed by atoms with Gasteiger partial charge in [-0.25, -0.2) is 4.79 Å². The largest absolute Gasteiger partial charge is 0.478 e. The summed E-state index contributed by atoms with van der Waals surface area (Å²) in [6.45, 7) is 0. The highest BCUT2D eigenvalue weighted by Gasteiger charge is 2.35. The zero-order valence-corrected chi connectivity index (χ0v) is 8.19. The van der Waals surface area contributed by atoms with Crippen LogP contribution in [0.1, 0.15) is 21.5 Å². The zero-order chi connectivity index (χ0) is 13.2. The molecule has 0 atom stereocenters. The third-order valence-corrected chi connectivity index (χ3v) is 1.96. The Labute approximate surface area is 93.0 Å². The molecule has 17 heavy (non-hydrogen) atoms. The first-order chi connectivity index (χ1) is 7.77. The smallest absolute Gasteiger partial charge is 0.417 e. The Morgan fingerprint density at radius 2 is 1.94 bits per heavy atom. The quantitative estimate of drug-likeness (QED) is 0.320. The van der Waals surface area contributed by atoms with E-state index in [2.05, 4.69) is 5.16 Å². The lowest BCUT2D eigenvalue weighted by Crippen LogP contribution is -2.20. The second kappa shape index (κ2) is 4.32. The molecular formula is C9H7F3N2O3. The van der Waals surface area contributed by atoms with Crippen LogP contribution >= 0.6 is 0 Å². The molecule has 1 aromatic rings. The van der Waals surface area contributed by atoms with Crippen molar-refractivity contribution in [3.8, 4) is 0 Å². The van der Waals surface area contributed by atoms with E-state index in [9.17, 15) is 18.0 Å². The molecule has 0 radical (unpaired) electrons. The Balaban J connectivity index is 3.48. The highest BCUT2D eigenvalue weighted by molar-refractivity contribution is 5.99. The number of amidine groups is 1. The molecule has 1 aromatic carbocycles. The molecular weight excluding hydrogens is 241 g/mol. The molecule has 0 aliphatic heterocycles. The molecule has 1 rings (SSSR count). The predicted octanol–water partition coefficient (Wildman–Crippen LogP) is 1.50. The van der Waals surface area contributed by atoms with Gasteiger partial charge in [-0.15, -0.1) is 0 Å². The Hall–Kier alpha value is -2.25. The lowest BCUT2D eigenvalue weighted by Gasteiger charge is -2.12. The number of carboxylic acid groups (broad SMARTS) is 1. The maximum atomic E-state index is 12.6. The summed E-state index contributed by atoms with van der Waals surface area (Å²) in [5, 5.41) is 19.4. The second-order valence-electron chi connectivity index (χ2n) is 3.05. The van der Waals surface area contributed by atoms with Crippen molar-refractivity contribution in [1.29, 1.82) is 0 Å². The van der Waals surface area contributed by atoms with E-state index in [1.807, 2.05) is 0 Å². The van der Waals surface area contributed by atoms with Gasteiger partial charge in [0, 0.05) is 5.56 Å². The Bertz CT molecular complexity index is 483. The van der Waals surface area contributed by atoms with Crippen LogP contribution in [0, 0.1) is 0 Å². The average Bonchev–Trinajstić information content (AvgIpc) is 2.26. The van der Waals surface area contributed by atoms with Crippen LogP contribution < -0.4 is 5.73 Å². The molecule has 0 amide bonds. The van der Waals surface area contributed by atoms with Crippen molar-refractivity contribution in [2.24, 2.45) is 10.9 Å². The van der Waals surface area contributed by atoms with Crippen LogP contribution in [0.2, 0.25) is 0 Å². The summed E-state index contributed by atoms with van der Waals surface area (Å²) in [5.74, 6) is -2.24. The topological polar surface area (TPSA) is 95.9 Å². The van der Waals surface area contributed by atoms with Crippen molar-refractivity contribution in [2.45, 2.75) is 6.18 Å². The van der Waals surface area contributed by atoms with Crippen LogP contribution in [-0.4, -0.2) is 22.1 Å². The Morgan fingerprint density at radius 1 is 1.35 bits per heavy atom. The van der Waals surface area contributed by atoms with Gasteiger partial charge < -0.3 is 16.0 Å². The van der Waals surface area contributed by atoms with Gasteiger partial charge in [-0.3, -0.25) is 0 Å². The van der Waals surface area contributed by atoms with Crippen LogP contribution in [0.15, 0.2) is 23.4 Å². The van der Waals surface area contributed by atoms with Crippen molar-refractivity contribution in [2.75, 3.05) is 0 Å². The van der Waals surface area contributed by atoms with Crippen LogP contribution in [0.4, 0.5) is 13.2 Å². The first-order valence-corrected chi connectivity index (χ1v) is 4.19. The van der Waals surface area contributed by atoms with E-state index in [1.165, 1.54) is 0 Å². The molecule has 8 heteroatoms. The van der Waals surface area contributed by atoms with Gasteiger partial charge in [-0.05, 0) is 18.2 Å². The lowest BCUT2D eigenvalue weighted by atomic mass is 10.0. The Morgan fingerprint density at radius 3 is 2.35 bits per heavy atom. The third-order valence-electron chi connectivity index (χ3n) is 1.96. The van der Waals surface area contributed by atoms with Gasteiger partial charge in [0.25, 0.3) is 0 Å². The molecule has 0 saturated heterocycles. The number of halogens is 3. The van der Waals surface area contributed by atoms with Gasteiger partial charge in [0.2, 0.25) is 0 Å². The molecule has 0 fully saturated rings.